The molecule has 1 heterocycles. The maximum Gasteiger partial charge on any atom is 0.320 e. The minimum Gasteiger partial charge on any atom is -0.459 e. The van der Waals surface area contributed by atoms with Gasteiger partial charge in [0.2, 0.25) is 0 Å². The van der Waals surface area contributed by atoms with E-state index in [1.807, 2.05) is 20.8 Å². The number of nitrogens with one attached hydrogen (secondary N) is 1. The molecular formula is C17H26N2O2. The Morgan fingerprint density at radius 3 is 2.86 bits per heavy atom. The summed E-state index contributed by atoms with van der Waals surface area (Å²) in [6.45, 7) is 7.70. The maximum atomic E-state index is 11.6. The first-order chi connectivity index (χ1) is 9.85. The van der Waals surface area contributed by atoms with Crippen molar-refractivity contribution in [3.05, 3.63) is 29.3 Å². The minimum atomic E-state index is -0.421. The van der Waals surface area contributed by atoms with Crippen LogP contribution in [0.25, 0.3) is 0 Å². The average molecular weight is 290 g/mol. The second kappa shape index (κ2) is 6.48. The molecule has 0 atom stereocenters. The first-order valence-electron chi connectivity index (χ1n) is 7.61. The van der Waals surface area contributed by atoms with E-state index in [-0.39, 0.29) is 12.5 Å². The van der Waals surface area contributed by atoms with Gasteiger partial charge in [-0.3, -0.25) is 4.79 Å². The molecule has 4 heteroatoms. The Morgan fingerprint density at radius 1 is 1.38 bits per heavy atom. The van der Waals surface area contributed by atoms with Crippen LogP contribution in [-0.4, -0.2) is 31.7 Å². The highest BCUT2D eigenvalue weighted by molar-refractivity contribution is 5.72. The first-order valence-corrected chi connectivity index (χ1v) is 7.61. The molecule has 1 aliphatic heterocycles. The lowest BCUT2D eigenvalue weighted by molar-refractivity contribution is -0.153. The first kappa shape index (κ1) is 15.8. The van der Waals surface area contributed by atoms with Crippen molar-refractivity contribution in [1.29, 1.82) is 0 Å². The van der Waals surface area contributed by atoms with Gasteiger partial charge >= 0.3 is 5.97 Å². The normalized spacial score (nSPS) is 14.8. The van der Waals surface area contributed by atoms with Crippen LogP contribution in [0, 0.1) is 0 Å². The number of carbonyl (C=O) groups is 1. The number of ether oxygens (including phenoxy) is 1. The van der Waals surface area contributed by atoms with Gasteiger partial charge in [0.15, 0.2) is 0 Å². The van der Waals surface area contributed by atoms with Crippen molar-refractivity contribution in [3.63, 3.8) is 0 Å². The van der Waals surface area contributed by atoms with Crippen LogP contribution < -0.4 is 10.2 Å². The number of rotatable bonds is 4. The zero-order chi connectivity index (χ0) is 15.5. The second-order valence-electron chi connectivity index (χ2n) is 6.68. The standard InChI is InChI=1S/C17H26N2O2/c1-17(2,3)21-16(20)12-18-11-13-7-8-15-14(10-13)6-5-9-19(15)4/h7-8,10,18H,5-6,9,11-12H2,1-4H3. The van der Waals surface area contributed by atoms with Crippen molar-refractivity contribution >= 4 is 11.7 Å². The summed E-state index contributed by atoms with van der Waals surface area (Å²) >= 11 is 0. The SMILES string of the molecule is CN1CCCc2cc(CNCC(=O)OC(C)(C)C)ccc21. The van der Waals surface area contributed by atoms with Crippen LogP contribution in [0.4, 0.5) is 5.69 Å². The molecule has 21 heavy (non-hydrogen) atoms. The minimum absolute atomic E-state index is 0.208. The fourth-order valence-corrected chi connectivity index (χ4v) is 2.64. The summed E-state index contributed by atoms with van der Waals surface area (Å²) in [6, 6.07) is 6.55. The lowest BCUT2D eigenvalue weighted by atomic mass is 9.99. The fourth-order valence-electron chi connectivity index (χ4n) is 2.64. The summed E-state index contributed by atoms with van der Waals surface area (Å²) in [5.41, 5.74) is 3.53. The van der Waals surface area contributed by atoms with E-state index in [9.17, 15) is 4.79 Å². The molecule has 0 aliphatic carbocycles. The quantitative estimate of drug-likeness (QED) is 0.865. The molecule has 0 saturated heterocycles. The molecule has 0 spiro atoms. The molecule has 1 aromatic carbocycles. The lowest BCUT2D eigenvalue weighted by Crippen LogP contribution is -2.31. The predicted octanol–water partition coefficient (Wildman–Crippen LogP) is 2.50. The molecule has 0 amide bonds. The molecule has 0 saturated carbocycles. The van der Waals surface area contributed by atoms with Crippen molar-refractivity contribution in [2.45, 2.75) is 45.8 Å². The van der Waals surface area contributed by atoms with Gasteiger partial charge in [0.1, 0.15) is 5.60 Å². The highest BCUT2D eigenvalue weighted by atomic mass is 16.6. The van der Waals surface area contributed by atoms with Crippen LogP contribution in [0.3, 0.4) is 0 Å². The third-order valence-corrected chi connectivity index (χ3v) is 3.51. The number of hydrogen-bond acceptors (Lipinski definition) is 4. The van der Waals surface area contributed by atoms with Gasteiger partial charge in [-0.25, -0.2) is 0 Å². The zero-order valence-corrected chi connectivity index (χ0v) is 13.5. The molecule has 0 bridgehead atoms. The molecule has 0 fully saturated rings. The van der Waals surface area contributed by atoms with Crippen molar-refractivity contribution in [2.24, 2.45) is 0 Å². The molecule has 1 aliphatic rings. The van der Waals surface area contributed by atoms with Crippen molar-refractivity contribution in [2.75, 3.05) is 25.0 Å². The van der Waals surface area contributed by atoms with Gasteiger partial charge in [-0.05, 0) is 50.8 Å². The number of nitrogens with zero attached hydrogens (tertiary/aromatic N) is 1. The van der Waals surface area contributed by atoms with E-state index >= 15 is 0 Å². The number of fused-ring (bicyclic) bond motifs is 1. The van der Waals surface area contributed by atoms with E-state index < -0.39 is 5.60 Å². The van der Waals surface area contributed by atoms with Crippen LogP contribution in [-0.2, 0) is 22.5 Å². The molecule has 4 nitrogen and oxygen atoms in total. The van der Waals surface area contributed by atoms with Gasteiger partial charge in [0.05, 0.1) is 6.54 Å². The summed E-state index contributed by atoms with van der Waals surface area (Å²) in [7, 11) is 2.14. The van der Waals surface area contributed by atoms with Crippen molar-refractivity contribution in [1.82, 2.24) is 5.32 Å². The van der Waals surface area contributed by atoms with Crippen LogP contribution >= 0.6 is 0 Å². The average Bonchev–Trinajstić information content (AvgIpc) is 2.36. The summed E-state index contributed by atoms with van der Waals surface area (Å²) in [5.74, 6) is -0.208. The largest absolute Gasteiger partial charge is 0.459 e. The van der Waals surface area contributed by atoms with E-state index in [2.05, 4.69) is 35.5 Å². The zero-order valence-electron chi connectivity index (χ0n) is 13.5. The maximum absolute atomic E-state index is 11.6. The molecule has 0 aromatic heterocycles. The Kier molecular flexibility index (Phi) is 4.88. The van der Waals surface area contributed by atoms with Crippen molar-refractivity contribution in [3.8, 4) is 0 Å². The Hall–Kier alpha value is -1.55. The summed E-state index contributed by atoms with van der Waals surface area (Å²) in [4.78, 5) is 13.9. The van der Waals surface area contributed by atoms with E-state index in [1.54, 1.807) is 0 Å². The van der Waals surface area contributed by atoms with Gasteiger partial charge in [-0.2, -0.15) is 0 Å². The van der Waals surface area contributed by atoms with E-state index in [4.69, 9.17) is 4.74 Å². The number of hydrogen-bond donors (Lipinski definition) is 1. The predicted molar refractivity (Wildman–Crippen MR) is 85.6 cm³/mol. The smallest absolute Gasteiger partial charge is 0.320 e. The van der Waals surface area contributed by atoms with Crippen LogP contribution in [0.1, 0.15) is 38.3 Å². The van der Waals surface area contributed by atoms with Gasteiger partial charge < -0.3 is 15.0 Å². The molecule has 0 radical (unpaired) electrons. The summed E-state index contributed by atoms with van der Waals surface area (Å²) in [6.07, 6.45) is 2.35. The van der Waals surface area contributed by atoms with Gasteiger partial charge in [0, 0.05) is 25.8 Å². The van der Waals surface area contributed by atoms with Gasteiger partial charge in [-0.1, -0.05) is 12.1 Å². The van der Waals surface area contributed by atoms with E-state index in [0.717, 1.165) is 13.0 Å². The molecule has 2 rings (SSSR count). The van der Waals surface area contributed by atoms with Crippen LogP contribution in [0.15, 0.2) is 18.2 Å². The monoisotopic (exact) mass is 290 g/mol. The number of esters is 1. The third-order valence-electron chi connectivity index (χ3n) is 3.51. The number of carbonyl (C=O) groups excluding carboxylic acids is 1. The topological polar surface area (TPSA) is 41.6 Å². The van der Waals surface area contributed by atoms with Gasteiger partial charge in [-0.15, -0.1) is 0 Å². The van der Waals surface area contributed by atoms with Crippen LogP contribution in [0.5, 0.6) is 0 Å². The van der Waals surface area contributed by atoms with Gasteiger partial charge in [0.25, 0.3) is 0 Å². The molecule has 116 valence electrons. The Labute approximate surface area is 127 Å². The number of benzene rings is 1. The van der Waals surface area contributed by atoms with Crippen LogP contribution in [0.2, 0.25) is 0 Å². The Balaban J connectivity index is 1.86. The molecule has 1 N–H and O–H groups in total. The fraction of sp³-hybridized carbons (Fsp3) is 0.588. The lowest BCUT2D eigenvalue weighted by Gasteiger charge is -2.27. The van der Waals surface area contributed by atoms with Crippen molar-refractivity contribution < 1.29 is 9.53 Å². The summed E-state index contributed by atoms with van der Waals surface area (Å²) < 4.78 is 5.27. The highest BCUT2D eigenvalue weighted by Gasteiger charge is 2.16. The molecule has 1 aromatic rings. The molecular weight excluding hydrogens is 264 g/mol. The highest BCUT2D eigenvalue weighted by Crippen LogP contribution is 2.26. The van der Waals surface area contributed by atoms with E-state index in [0.29, 0.717) is 6.54 Å². The van der Waals surface area contributed by atoms with E-state index in [1.165, 1.54) is 23.2 Å². The Bertz CT molecular complexity index is 506. The third kappa shape index (κ3) is 4.74. The Morgan fingerprint density at radius 2 is 2.14 bits per heavy atom. The number of anilines is 1. The molecule has 0 unspecified atom stereocenters. The summed E-state index contributed by atoms with van der Waals surface area (Å²) in [5, 5.41) is 3.15. The second-order valence-corrected chi connectivity index (χ2v) is 6.68. The number of aryl methyl sites for hydroxylation is 1.